The van der Waals surface area contributed by atoms with Gasteiger partial charge in [-0.3, -0.25) is 9.69 Å². The van der Waals surface area contributed by atoms with E-state index in [1.807, 2.05) is 0 Å². The summed E-state index contributed by atoms with van der Waals surface area (Å²) in [5.41, 5.74) is -0.684. The van der Waals surface area contributed by atoms with Crippen molar-refractivity contribution in [2.24, 2.45) is 11.3 Å². The molecule has 0 aromatic carbocycles. The van der Waals surface area contributed by atoms with E-state index >= 15 is 0 Å². The molecular formula is C16H28N2O2S. The number of amides is 3. The standard InChI is InChI=1S/C16H28N2O2S/c1-4-15(5-2,11-21)10-18-13(19)16(17-14(18)20)8-6-12(3)7-9-16/h12,21H,4-11H2,1-3H3,(H,17,20). The molecule has 120 valence electrons. The summed E-state index contributed by atoms with van der Waals surface area (Å²) in [6.07, 6.45) is 5.43. The molecule has 0 atom stereocenters. The number of carbonyl (C=O) groups excluding carboxylic acids is 2. The van der Waals surface area contributed by atoms with Crippen molar-refractivity contribution in [1.29, 1.82) is 0 Å². The van der Waals surface area contributed by atoms with Gasteiger partial charge < -0.3 is 5.32 Å². The molecule has 1 aliphatic carbocycles. The van der Waals surface area contributed by atoms with Crippen LogP contribution in [0.15, 0.2) is 0 Å². The van der Waals surface area contributed by atoms with Crippen molar-refractivity contribution < 1.29 is 9.59 Å². The van der Waals surface area contributed by atoms with Crippen molar-refractivity contribution in [1.82, 2.24) is 10.2 Å². The maximum atomic E-state index is 12.8. The summed E-state index contributed by atoms with van der Waals surface area (Å²) in [4.78, 5) is 26.6. The van der Waals surface area contributed by atoms with Crippen LogP contribution in [0.1, 0.15) is 59.3 Å². The van der Waals surface area contributed by atoms with Crippen LogP contribution in [0, 0.1) is 11.3 Å². The van der Waals surface area contributed by atoms with Gasteiger partial charge in [-0.05, 0) is 55.6 Å². The van der Waals surface area contributed by atoms with E-state index < -0.39 is 5.54 Å². The number of thiol groups is 1. The van der Waals surface area contributed by atoms with Crippen molar-refractivity contribution in [3.05, 3.63) is 0 Å². The quantitative estimate of drug-likeness (QED) is 0.605. The summed E-state index contributed by atoms with van der Waals surface area (Å²) in [5.74, 6) is 1.34. The molecule has 0 unspecified atom stereocenters. The lowest BCUT2D eigenvalue weighted by atomic mass is 9.77. The minimum atomic E-state index is -0.618. The number of urea groups is 1. The Morgan fingerprint density at radius 3 is 2.33 bits per heavy atom. The minimum Gasteiger partial charge on any atom is -0.323 e. The van der Waals surface area contributed by atoms with Crippen molar-refractivity contribution in [3.63, 3.8) is 0 Å². The molecule has 0 aromatic rings. The number of carbonyl (C=O) groups is 2. The molecule has 1 aliphatic heterocycles. The molecule has 2 fully saturated rings. The normalized spacial score (nSPS) is 30.1. The fourth-order valence-corrected chi connectivity index (χ4v) is 4.04. The molecule has 2 rings (SSSR count). The van der Waals surface area contributed by atoms with E-state index in [1.165, 1.54) is 4.90 Å². The summed E-state index contributed by atoms with van der Waals surface area (Å²) in [5, 5.41) is 3.00. The fraction of sp³-hybridized carbons (Fsp3) is 0.875. The Kier molecular flexibility index (Phi) is 4.91. The Morgan fingerprint density at radius 1 is 1.29 bits per heavy atom. The van der Waals surface area contributed by atoms with E-state index in [1.54, 1.807) is 0 Å². The first-order chi connectivity index (χ1) is 9.92. The van der Waals surface area contributed by atoms with Gasteiger partial charge in [0.25, 0.3) is 5.91 Å². The molecule has 1 spiro atoms. The first-order valence-electron chi connectivity index (χ1n) is 8.17. The van der Waals surface area contributed by atoms with Gasteiger partial charge in [0, 0.05) is 6.54 Å². The van der Waals surface area contributed by atoms with E-state index in [-0.39, 0.29) is 17.4 Å². The molecule has 2 aliphatic rings. The zero-order valence-corrected chi connectivity index (χ0v) is 14.3. The maximum absolute atomic E-state index is 12.8. The molecule has 21 heavy (non-hydrogen) atoms. The van der Waals surface area contributed by atoms with Crippen LogP contribution in [0.25, 0.3) is 0 Å². The third kappa shape index (κ3) is 2.94. The molecule has 0 radical (unpaired) electrons. The van der Waals surface area contributed by atoms with E-state index in [0.717, 1.165) is 38.5 Å². The SMILES string of the molecule is CCC(CC)(CS)CN1C(=O)NC2(CCC(C)CC2)C1=O. The maximum Gasteiger partial charge on any atom is 0.325 e. The van der Waals surface area contributed by atoms with Crippen molar-refractivity contribution in [2.45, 2.75) is 64.8 Å². The number of hydrogen-bond donors (Lipinski definition) is 2. The molecule has 0 aromatic heterocycles. The van der Waals surface area contributed by atoms with Crippen LogP contribution < -0.4 is 5.32 Å². The predicted octanol–water partition coefficient (Wildman–Crippen LogP) is 3.22. The predicted molar refractivity (Wildman–Crippen MR) is 87.5 cm³/mol. The molecular weight excluding hydrogens is 284 g/mol. The lowest BCUT2D eigenvalue weighted by Crippen LogP contribution is -2.50. The number of imide groups is 1. The van der Waals surface area contributed by atoms with Gasteiger partial charge >= 0.3 is 6.03 Å². The number of nitrogens with one attached hydrogen (secondary N) is 1. The average Bonchev–Trinajstić information content (AvgIpc) is 2.72. The molecule has 4 nitrogen and oxygen atoms in total. The van der Waals surface area contributed by atoms with Gasteiger partial charge in [-0.15, -0.1) is 0 Å². The number of rotatable bonds is 5. The lowest BCUT2D eigenvalue weighted by molar-refractivity contribution is -0.133. The molecule has 1 N–H and O–H groups in total. The largest absolute Gasteiger partial charge is 0.325 e. The number of hydrogen-bond acceptors (Lipinski definition) is 3. The van der Waals surface area contributed by atoms with Gasteiger partial charge in [-0.25, -0.2) is 4.79 Å². The van der Waals surface area contributed by atoms with Gasteiger partial charge in [0.2, 0.25) is 0 Å². The van der Waals surface area contributed by atoms with Crippen molar-refractivity contribution in [3.8, 4) is 0 Å². The second-order valence-corrected chi connectivity index (χ2v) is 7.27. The number of nitrogens with zero attached hydrogens (tertiary/aromatic N) is 1. The Labute approximate surface area is 133 Å². The van der Waals surface area contributed by atoms with Gasteiger partial charge in [0.05, 0.1) is 0 Å². The fourth-order valence-electron chi connectivity index (χ4n) is 3.50. The van der Waals surface area contributed by atoms with Crippen LogP contribution in [0.4, 0.5) is 4.79 Å². The Balaban J connectivity index is 2.15. The van der Waals surface area contributed by atoms with Gasteiger partial charge in [0.15, 0.2) is 0 Å². The van der Waals surface area contributed by atoms with E-state index in [0.29, 0.717) is 18.2 Å². The topological polar surface area (TPSA) is 49.4 Å². The monoisotopic (exact) mass is 312 g/mol. The molecule has 3 amide bonds. The van der Waals surface area contributed by atoms with E-state index in [2.05, 4.69) is 38.7 Å². The smallest absolute Gasteiger partial charge is 0.323 e. The first kappa shape index (κ1) is 16.7. The Bertz CT molecular complexity index is 404. The van der Waals surface area contributed by atoms with Crippen LogP contribution in [0.2, 0.25) is 0 Å². The highest BCUT2D eigenvalue weighted by Crippen LogP contribution is 2.38. The van der Waals surface area contributed by atoms with Crippen LogP contribution >= 0.6 is 12.6 Å². The van der Waals surface area contributed by atoms with E-state index in [4.69, 9.17) is 0 Å². The average molecular weight is 312 g/mol. The summed E-state index contributed by atoms with van der Waals surface area (Å²) in [7, 11) is 0. The van der Waals surface area contributed by atoms with Crippen molar-refractivity contribution >= 4 is 24.6 Å². The molecule has 1 heterocycles. The third-order valence-electron chi connectivity index (χ3n) is 5.70. The highest BCUT2D eigenvalue weighted by molar-refractivity contribution is 7.80. The van der Waals surface area contributed by atoms with E-state index in [9.17, 15) is 9.59 Å². The van der Waals surface area contributed by atoms with Crippen molar-refractivity contribution in [2.75, 3.05) is 12.3 Å². The molecule has 1 saturated carbocycles. The van der Waals surface area contributed by atoms with Gasteiger partial charge in [-0.1, -0.05) is 20.8 Å². The second-order valence-electron chi connectivity index (χ2n) is 6.95. The van der Waals surface area contributed by atoms with Gasteiger partial charge in [0.1, 0.15) is 5.54 Å². The van der Waals surface area contributed by atoms with Gasteiger partial charge in [-0.2, -0.15) is 12.6 Å². The Hall–Kier alpha value is -0.710. The lowest BCUT2D eigenvalue weighted by Gasteiger charge is -2.35. The summed E-state index contributed by atoms with van der Waals surface area (Å²) in [6, 6.07) is -0.206. The zero-order chi connectivity index (χ0) is 15.7. The highest BCUT2D eigenvalue weighted by atomic mass is 32.1. The molecule has 0 bridgehead atoms. The first-order valence-corrected chi connectivity index (χ1v) is 8.80. The molecule has 5 heteroatoms. The van der Waals surface area contributed by atoms with Crippen LogP contribution in [0.3, 0.4) is 0 Å². The Morgan fingerprint density at radius 2 is 1.86 bits per heavy atom. The summed E-state index contributed by atoms with van der Waals surface area (Å²) >= 11 is 4.45. The minimum absolute atomic E-state index is 0.00698. The zero-order valence-electron chi connectivity index (χ0n) is 13.4. The highest BCUT2D eigenvalue weighted by Gasteiger charge is 2.53. The van der Waals surface area contributed by atoms with Crippen LogP contribution in [-0.4, -0.2) is 34.7 Å². The third-order valence-corrected chi connectivity index (χ3v) is 6.37. The van der Waals surface area contributed by atoms with Crippen LogP contribution in [0.5, 0.6) is 0 Å². The summed E-state index contributed by atoms with van der Waals surface area (Å²) in [6.45, 7) is 6.92. The second kappa shape index (κ2) is 6.19. The summed E-state index contributed by atoms with van der Waals surface area (Å²) < 4.78 is 0. The molecule has 1 saturated heterocycles. The van der Waals surface area contributed by atoms with Crippen LogP contribution in [-0.2, 0) is 4.79 Å².